The molecule has 6 atom stereocenters. The second-order valence-electron chi connectivity index (χ2n) is 29.2. The van der Waals surface area contributed by atoms with Gasteiger partial charge < -0.3 is 33.8 Å². The molecule has 0 saturated heterocycles. The molecule has 0 aromatic carbocycles. The minimum atomic E-state index is -4.96. The van der Waals surface area contributed by atoms with Crippen molar-refractivity contribution in [2.75, 3.05) is 39.6 Å². The molecule has 0 bridgehead atoms. The molecule has 0 amide bonds. The normalized spacial score (nSPS) is 14.2. The van der Waals surface area contributed by atoms with Crippen LogP contribution in [0.5, 0.6) is 0 Å². The molecule has 0 aliphatic carbocycles. The van der Waals surface area contributed by atoms with Crippen LogP contribution in [0.4, 0.5) is 0 Å². The minimum Gasteiger partial charge on any atom is -0.462 e. The van der Waals surface area contributed by atoms with Crippen molar-refractivity contribution in [3.05, 3.63) is 0 Å². The van der Waals surface area contributed by atoms with Crippen LogP contribution in [0.15, 0.2) is 0 Å². The Balaban J connectivity index is 5.26. The monoisotopic (exact) mass is 1440 g/mol. The number of rotatable bonds is 78. The number of carbonyl (C=O) groups is 4. The van der Waals surface area contributed by atoms with Crippen molar-refractivity contribution in [1.82, 2.24) is 0 Å². The van der Waals surface area contributed by atoms with E-state index in [1.807, 2.05) is 0 Å². The number of phosphoric acid groups is 2. The Hall–Kier alpha value is -1.94. The van der Waals surface area contributed by atoms with Gasteiger partial charge in [-0.05, 0) is 37.5 Å². The fourth-order valence-electron chi connectivity index (χ4n) is 12.2. The lowest BCUT2D eigenvalue weighted by molar-refractivity contribution is -0.161. The molecular weight excluding hydrogens is 1280 g/mol. The molecule has 0 radical (unpaired) electrons. The average molecular weight is 1440 g/mol. The molecule has 0 aliphatic heterocycles. The molecule has 0 aromatic rings. The molecule has 3 N–H and O–H groups in total. The number of aliphatic hydroxyl groups is 1. The first kappa shape index (κ1) is 96.1. The van der Waals surface area contributed by atoms with Gasteiger partial charge in [0, 0.05) is 25.7 Å². The van der Waals surface area contributed by atoms with Gasteiger partial charge >= 0.3 is 39.5 Å². The topological polar surface area (TPSA) is 237 Å². The molecule has 0 rings (SSSR count). The summed E-state index contributed by atoms with van der Waals surface area (Å²) in [6.45, 7) is 9.69. The van der Waals surface area contributed by atoms with Gasteiger partial charge in [-0.1, -0.05) is 363 Å². The van der Waals surface area contributed by atoms with Crippen molar-refractivity contribution in [2.24, 2.45) is 11.8 Å². The Morgan fingerprint density at radius 3 is 0.776 bits per heavy atom. The smallest absolute Gasteiger partial charge is 0.462 e. The van der Waals surface area contributed by atoms with E-state index in [-0.39, 0.29) is 25.7 Å². The van der Waals surface area contributed by atoms with E-state index in [0.29, 0.717) is 25.7 Å². The Morgan fingerprint density at radius 1 is 0.296 bits per heavy atom. The lowest BCUT2D eigenvalue weighted by Gasteiger charge is -2.21. The highest BCUT2D eigenvalue weighted by Crippen LogP contribution is 2.45. The highest BCUT2D eigenvalue weighted by molar-refractivity contribution is 7.47. The number of phosphoric ester groups is 2. The van der Waals surface area contributed by atoms with Gasteiger partial charge in [-0.2, -0.15) is 0 Å². The van der Waals surface area contributed by atoms with Gasteiger partial charge in [0.2, 0.25) is 0 Å². The van der Waals surface area contributed by atoms with Crippen molar-refractivity contribution < 1.29 is 80.2 Å². The van der Waals surface area contributed by atoms with Crippen LogP contribution in [0.2, 0.25) is 0 Å². The van der Waals surface area contributed by atoms with Crippen molar-refractivity contribution in [1.29, 1.82) is 0 Å². The summed E-state index contributed by atoms with van der Waals surface area (Å²) in [5.74, 6) is -0.481. The van der Waals surface area contributed by atoms with Gasteiger partial charge in [0.1, 0.15) is 19.3 Å². The fraction of sp³-hybridized carbons (Fsp3) is 0.949. The molecule has 0 saturated carbocycles. The van der Waals surface area contributed by atoms with E-state index >= 15 is 0 Å². The SMILES string of the molecule is CCCCCCCCCCCCCCCCC(=O)O[C@H](COC(=O)CCCCCCCCCCCCC)COP(=O)(O)OC[C@H](O)COP(=O)(O)OC[C@@H](COC(=O)CCCCCCCCCCCCCCC(C)C)OC(=O)CCCCCCCCCCCCCCCCC(C)CC. The first-order valence-electron chi connectivity index (χ1n) is 41.0. The van der Waals surface area contributed by atoms with Crippen molar-refractivity contribution >= 4 is 39.5 Å². The standard InChI is InChI=1S/C79H154O17P2/c1-7-10-12-14-16-18-20-21-25-33-39-45-51-57-63-78(83)95-74(67-89-76(81)61-55-49-43-37-29-19-17-15-13-11-8-2)69-93-97(85,86)91-65-73(80)66-92-98(87,88)94-70-75(68-90-77(82)62-56-50-44-38-32-28-27-30-35-41-47-53-59-71(4)5)96-79(84)64-58-52-46-40-34-26-23-22-24-31-36-42-48-54-60-72(6)9-3/h71-75,80H,7-70H2,1-6H3,(H,85,86)(H,87,88)/t72?,73-,74+,75+/m0/s1. The van der Waals surface area contributed by atoms with E-state index in [9.17, 15) is 43.2 Å². The number of hydrogen-bond donors (Lipinski definition) is 3. The number of esters is 4. The molecule has 0 aromatic heterocycles. The third-order valence-electron chi connectivity index (χ3n) is 18.8. The average Bonchev–Trinajstić information content (AvgIpc) is 0.946. The first-order valence-corrected chi connectivity index (χ1v) is 44.0. The molecular formula is C79H154O17P2. The van der Waals surface area contributed by atoms with Crippen molar-refractivity contribution in [3.8, 4) is 0 Å². The lowest BCUT2D eigenvalue weighted by Crippen LogP contribution is -2.30. The third-order valence-corrected chi connectivity index (χ3v) is 20.7. The highest BCUT2D eigenvalue weighted by atomic mass is 31.2. The number of hydrogen-bond acceptors (Lipinski definition) is 15. The Bertz CT molecular complexity index is 1890. The zero-order chi connectivity index (χ0) is 72.1. The van der Waals surface area contributed by atoms with Crippen LogP contribution in [-0.4, -0.2) is 96.7 Å². The summed E-state index contributed by atoms with van der Waals surface area (Å²) >= 11 is 0. The summed E-state index contributed by atoms with van der Waals surface area (Å²) in [5.41, 5.74) is 0. The first-order chi connectivity index (χ1) is 47.4. The van der Waals surface area contributed by atoms with Gasteiger partial charge in [-0.15, -0.1) is 0 Å². The number of unbranched alkanes of at least 4 members (excludes halogenated alkanes) is 47. The van der Waals surface area contributed by atoms with Crippen molar-refractivity contribution in [2.45, 2.75) is 432 Å². The fourth-order valence-corrected chi connectivity index (χ4v) is 13.7. The zero-order valence-corrected chi connectivity index (χ0v) is 65.9. The van der Waals surface area contributed by atoms with E-state index < -0.39 is 97.5 Å². The van der Waals surface area contributed by atoms with Crippen molar-refractivity contribution in [3.63, 3.8) is 0 Å². The number of carbonyl (C=O) groups excluding carboxylic acids is 4. The summed E-state index contributed by atoms with van der Waals surface area (Å²) in [4.78, 5) is 73.0. The second kappa shape index (κ2) is 70.7. The van der Waals surface area contributed by atoms with Crippen LogP contribution in [0, 0.1) is 11.8 Å². The summed E-state index contributed by atoms with van der Waals surface area (Å²) in [6, 6.07) is 0. The Labute approximate surface area is 600 Å². The summed E-state index contributed by atoms with van der Waals surface area (Å²) in [7, 11) is -9.92. The molecule has 17 nitrogen and oxygen atoms in total. The van der Waals surface area contributed by atoms with E-state index in [1.165, 1.54) is 231 Å². The Morgan fingerprint density at radius 2 is 0.520 bits per heavy atom. The molecule has 582 valence electrons. The molecule has 19 heteroatoms. The Kier molecular flexibility index (Phi) is 69.3. The maximum Gasteiger partial charge on any atom is 0.472 e. The molecule has 0 fully saturated rings. The minimum absolute atomic E-state index is 0.108. The predicted molar refractivity (Wildman–Crippen MR) is 400 cm³/mol. The second-order valence-corrected chi connectivity index (χ2v) is 32.1. The number of aliphatic hydroxyl groups excluding tert-OH is 1. The van der Waals surface area contributed by atoms with Crippen LogP contribution in [0.1, 0.15) is 414 Å². The van der Waals surface area contributed by atoms with Gasteiger partial charge in [0.25, 0.3) is 0 Å². The molecule has 3 unspecified atom stereocenters. The third kappa shape index (κ3) is 71.1. The van der Waals surface area contributed by atoms with Crippen LogP contribution >= 0.6 is 15.6 Å². The number of ether oxygens (including phenoxy) is 4. The summed E-state index contributed by atoms with van der Waals surface area (Å²) in [6.07, 6.45) is 59.4. The van der Waals surface area contributed by atoms with E-state index in [4.69, 9.17) is 37.0 Å². The van der Waals surface area contributed by atoms with Crippen LogP contribution in [0.25, 0.3) is 0 Å². The maximum absolute atomic E-state index is 13.1. The van der Waals surface area contributed by atoms with Crippen LogP contribution in [0.3, 0.4) is 0 Å². The highest BCUT2D eigenvalue weighted by Gasteiger charge is 2.30. The quantitative estimate of drug-likeness (QED) is 0.0222. The van der Waals surface area contributed by atoms with Gasteiger partial charge in [0.05, 0.1) is 26.4 Å². The van der Waals surface area contributed by atoms with E-state index in [2.05, 4.69) is 41.5 Å². The molecule has 0 aliphatic rings. The predicted octanol–water partition coefficient (Wildman–Crippen LogP) is 23.5. The van der Waals surface area contributed by atoms with Crippen LogP contribution in [-0.2, 0) is 65.4 Å². The maximum atomic E-state index is 13.1. The lowest BCUT2D eigenvalue weighted by atomic mass is 9.99. The van der Waals surface area contributed by atoms with E-state index in [1.54, 1.807) is 0 Å². The van der Waals surface area contributed by atoms with Gasteiger partial charge in [-0.25, -0.2) is 9.13 Å². The molecule has 0 heterocycles. The molecule has 98 heavy (non-hydrogen) atoms. The largest absolute Gasteiger partial charge is 0.472 e. The summed E-state index contributed by atoms with van der Waals surface area (Å²) < 4.78 is 68.7. The van der Waals surface area contributed by atoms with Crippen LogP contribution < -0.4 is 0 Å². The zero-order valence-electron chi connectivity index (χ0n) is 64.1. The van der Waals surface area contributed by atoms with E-state index in [0.717, 1.165) is 102 Å². The van der Waals surface area contributed by atoms with Gasteiger partial charge in [0.15, 0.2) is 12.2 Å². The summed E-state index contributed by atoms with van der Waals surface area (Å²) in [5, 5.41) is 10.6. The van der Waals surface area contributed by atoms with Gasteiger partial charge in [-0.3, -0.25) is 37.3 Å². The molecule has 0 spiro atoms.